The molecule has 3 aromatic rings. The zero-order valence-electron chi connectivity index (χ0n) is 13.9. The second kappa shape index (κ2) is 8.28. The molecule has 0 saturated carbocycles. The molecular weight excluding hydrogens is 353 g/mol. The number of ether oxygens (including phenoxy) is 1. The summed E-state index contributed by atoms with van der Waals surface area (Å²) in [5.41, 5.74) is 4.24. The highest BCUT2D eigenvalue weighted by Crippen LogP contribution is 2.27. The van der Waals surface area contributed by atoms with Gasteiger partial charge in [-0.05, 0) is 47.9 Å². The number of hydrogen-bond acceptors (Lipinski definition) is 2. The van der Waals surface area contributed by atoms with Gasteiger partial charge >= 0.3 is 0 Å². The van der Waals surface area contributed by atoms with Gasteiger partial charge in [0.05, 0.1) is 5.02 Å². The number of nitrogens with one attached hydrogen (secondary N) is 1. The van der Waals surface area contributed by atoms with Crippen LogP contribution in [0.4, 0.5) is 5.69 Å². The molecule has 128 valence electrons. The van der Waals surface area contributed by atoms with Gasteiger partial charge in [0.2, 0.25) is 0 Å². The molecule has 4 heteroatoms. The fourth-order valence-electron chi connectivity index (χ4n) is 2.41. The van der Waals surface area contributed by atoms with E-state index in [0.717, 1.165) is 27.4 Å². The molecule has 0 saturated heterocycles. The minimum Gasteiger partial charge on any atom is -0.487 e. The summed E-state index contributed by atoms with van der Waals surface area (Å²) in [4.78, 5) is 0. The van der Waals surface area contributed by atoms with Crippen molar-refractivity contribution >= 4 is 28.9 Å². The Morgan fingerprint density at radius 1 is 0.840 bits per heavy atom. The summed E-state index contributed by atoms with van der Waals surface area (Å²) in [6, 6.07) is 21.8. The zero-order valence-corrected chi connectivity index (χ0v) is 15.4. The molecule has 2 nitrogen and oxygen atoms in total. The molecule has 3 rings (SSSR count). The molecule has 1 N–H and O–H groups in total. The molecule has 0 atom stereocenters. The van der Waals surface area contributed by atoms with E-state index in [1.807, 2.05) is 73.7 Å². The number of rotatable bonds is 6. The lowest BCUT2D eigenvalue weighted by Gasteiger charge is -2.11. The van der Waals surface area contributed by atoms with Crippen LogP contribution in [-0.4, -0.2) is 0 Å². The molecule has 0 aliphatic rings. The maximum atomic E-state index is 6.35. The van der Waals surface area contributed by atoms with Gasteiger partial charge in [0.15, 0.2) is 0 Å². The first-order valence-electron chi connectivity index (χ1n) is 8.07. The van der Waals surface area contributed by atoms with E-state index in [1.54, 1.807) is 0 Å². The number of anilines is 1. The SMILES string of the molecule is Cc1ccc(NCc2ccc(OCc3ccccc3)c(Cl)c2)cc1Cl. The lowest BCUT2D eigenvalue weighted by Crippen LogP contribution is -2.00. The van der Waals surface area contributed by atoms with Crippen LogP contribution in [0.2, 0.25) is 10.0 Å². The van der Waals surface area contributed by atoms with Gasteiger partial charge in [-0.15, -0.1) is 0 Å². The fourth-order valence-corrected chi connectivity index (χ4v) is 2.85. The van der Waals surface area contributed by atoms with E-state index in [-0.39, 0.29) is 0 Å². The molecule has 3 aromatic carbocycles. The third-order valence-electron chi connectivity index (χ3n) is 3.90. The van der Waals surface area contributed by atoms with E-state index in [4.69, 9.17) is 27.9 Å². The van der Waals surface area contributed by atoms with Crippen LogP contribution in [0.25, 0.3) is 0 Å². The van der Waals surface area contributed by atoms with Crippen molar-refractivity contribution in [3.63, 3.8) is 0 Å². The number of aryl methyl sites for hydroxylation is 1. The summed E-state index contributed by atoms with van der Waals surface area (Å²) in [5.74, 6) is 0.688. The molecule has 0 fully saturated rings. The summed E-state index contributed by atoms with van der Waals surface area (Å²) >= 11 is 12.5. The molecule has 0 unspecified atom stereocenters. The van der Waals surface area contributed by atoms with Crippen LogP contribution in [0.3, 0.4) is 0 Å². The van der Waals surface area contributed by atoms with Gasteiger partial charge in [-0.25, -0.2) is 0 Å². The molecule has 0 heterocycles. The Balaban J connectivity index is 1.60. The fraction of sp³-hybridized carbons (Fsp3) is 0.143. The van der Waals surface area contributed by atoms with E-state index in [1.165, 1.54) is 0 Å². The van der Waals surface area contributed by atoms with Crippen molar-refractivity contribution in [2.24, 2.45) is 0 Å². The van der Waals surface area contributed by atoms with Gasteiger partial charge in [0.1, 0.15) is 12.4 Å². The van der Waals surface area contributed by atoms with Gasteiger partial charge < -0.3 is 10.1 Å². The van der Waals surface area contributed by atoms with E-state index < -0.39 is 0 Å². The van der Waals surface area contributed by atoms with Gasteiger partial charge in [0, 0.05) is 17.3 Å². The van der Waals surface area contributed by atoms with Crippen LogP contribution in [0, 0.1) is 6.92 Å². The highest BCUT2D eigenvalue weighted by Gasteiger charge is 2.05. The lowest BCUT2D eigenvalue weighted by molar-refractivity contribution is 0.306. The normalized spacial score (nSPS) is 10.5. The minimum absolute atomic E-state index is 0.500. The highest BCUT2D eigenvalue weighted by molar-refractivity contribution is 6.32. The molecule has 0 aromatic heterocycles. The highest BCUT2D eigenvalue weighted by atomic mass is 35.5. The standard InChI is InChI=1S/C21H19Cl2NO/c1-15-7-9-18(12-19(15)22)24-13-17-8-10-21(20(23)11-17)25-14-16-5-3-2-4-6-16/h2-12,24H,13-14H2,1H3. The maximum Gasteiger partial charge on any atom is 0.138 e. The first kappa shape index (κ1) is 17.7. The van der Waals surface area contributed by atoms with Gasteiger partial charge in [-0.1, -0.05) is 65.7 Å². The van der Waals surface area contributed by atoms with Gasteiger partial charge in [-0.2, -0.15) is 0 Å². The Kier molecular flexibility index (Phi) is 5.85. The van der Waals surface area contributed by atoms with Crippen LogP contribution in [0.1, 0.15) is 16.7 Å². The molecule has 0 bridgehead atoms. The largest absolute Gasteiger partial charge is 0.487 e. The first-order valence-corrected chi connectivity index (χ1v) is 8.82. The molecule has 0 radical (unpaired) electrons. The van der Waals surface area contributed by atoms with E-state index in [0.29, 0.717) is 23.9 Å². The number of hydrogen-bond donors (Lipinski definition) is 1. The van der Waals surface area contributed by atoms with Crippen LogP contribution >= 0.6 is 23.2 Å². The van der Waals surface area contributed by atoms with Gasteiger partial charge in [0.25, 0.3) is 0 Å². The van der Waals surface area contributed by atoms with Crippen LogP contribution in [-0.2, 0) is 13.2 Å². The van der Waals surface area contributed by atoms with Crippen LogP contribution in [0.5, 0.6) is 5.75 Å². The maximum absolute atomic E-state index is 6.35. The third-order valence-corrected chi connectivity index (χ3v) is 4.60. The van der Waals surface area contributed by atoms with E-state index in [2.05, 4.69) is 5.32 Å². The van der Waals surface area contributed by atoms with Gasteiger partial charge in [-0.3, -0.25) is 0 Å². The van der Waals surface area contributed by atoms with Crippen molar-refractivity contribution in [1.29, 1.82) is 0 Å². The number of benzene rings is 3. The Hall–Kier alpha value is -2.16. The quantitative estimate of drug-likeness (QED) is 0.534. The zero-order chi connectivity index (χ0) is 17.6. The van der Waals surface area contributed by atoms with Crippen LogP contribution in [0.15, 0.2) is 66.7 Å². The average Bonchev–Trinajstić information content (AvgIpc) is 2.63. The second-order valence-corrected chi connectivity index (χ2v) is 6.67. The first-order chi connectivity index (χ1) is 12.1. The molecule has 0 spiro atoms. The molecule has 0 amide bonds. The van der Waals surface area contributed by atoms with E-state index >= 15 is 0 Å². The Morgan fingerprint density at radius 2 is 1.64 bits per heavy atom. The lowest BCUT2D eigenvalue weighted by atomic mass is 10.2. The molecule has 0 aliphatic heterocycles. The summed E-state index contributed by atoms with van der Waals surface area (Å²) in [6.07, 6.45) is 0. The van der Waals surface area contributed by atoms with Crippen LogP contribution < -0.4 is 10.1 Å². The van der Waals surface area contributed by atoms with Crippen molar-refractivity contribution in [2.75, 3.05) is 5.32 Å². The van der Waals surface area contributed by atoms with Crippen molar-refractivity contribution in [3.8, 4) is 5.75 Å². The predicted molar refractivity (Wildman–Crippen MR) is 106 cm³/mol. The van der Waals surface area contributed by atoms with Crippen molar-refractivity contribution < 1.29 is 4.74 Å². The Labute approximate surface area is 158 Å². The van der Waals surface area contributed by atoms with E-state index in [9.17, 15) is 0 Å². The monoisotopic (exact) mass is 371 g/mol. The molecular formula is C21H19Cl2NO. The molecule has 0 aliphatic carbocycles. The van der Waals surface area contributed by atoms with Crippen molar-refractivity contribution in [3.05, 3.63) is 93.5 Å². The van der Waals surface area contributed by atoms with Crippen molar-refractivity contribution in [1.82, 2.24) is 0 Å². The summed E-state index contributed by atoms with van der Waals surface area (Å²) in [5, 5.41) is 4.72. The summed E-state index contributed by atoms with van der Waals surface area (Å²) in [6.45, 7) is 3.15. The second-order valence-electron chi connectivity index (χ2n) is 5.86. The number of halogens is 2. The Morgan fingerprint density at radius 3 is 2.36 bits per heavy atom. The summed E-state index contributed by atoms with van der Waals surface area (Å²) < 4.78 is 5.80. The smallest absolute Gasteiger partial charge is 0.138 e. The van der Waals surface area contributed by atoms with Crippen molar-refractivity contribution in [2.45, 2.75) is 20.1 Å². The molecule has 25 heavy (non-hydrogen) atoms. The third kappa shape index (κ3) is 4.91. The topological polar surface area (TPSA) is 21.3 Å². The summed E-state index contributed by atoms with van der Waals surface area (Å²) in [7, 11) is 0. The Bertz CT molecular complexity index is 850. The minimum atomic E-state index is 0.500. The average molecular weight is 372 g/mol. The predicted octanol–water partition coefficient (Wildman–Crippen LogP) is 6.49.